The van der Waals surface area contributed by atoms with Gasteiger partial charge in [-0.25, -0.2) is 0 Å². The van der Waals surface area contributed by atoms with Crippen LogP contribution < -0.4 is 5.32 Å². The predicted molar refractivity (Wildman–Crippen MR) is 136 cm³/mol. The van der Waals surface area contributed by atoms with Crippen LogP contribution in [0.1, 0.15) is 39.4 Å². The molecule has 1 saturated heterocycles. The van der Waals surface area contributed by atoms with Gasteiger partial charge < -0.3 is 15.0 Å². The fraction of sp³-hybridized carbons (Fsp3) is 0.370. The summed E-state index contributed by atoms with van der Waals surface area (Å²) < 4.78 is 48.6. The van der Waals surface area contributed by atoms with E-state index in [1.165, 1.54) is 28.3 Å². The first-order valence-electron chi connectivity index (χ1n) is 12.3. The highest BCUT2D eigenvalue weighted by atomic mass is 32.1. The average molecular weight is 542 g/mol. The summed E-state index contributed by atoms with van der Waals surface area (Å²) in [6.45, 7) is 4.44. The van der Waals surface area contributed by atoms with Crippen molar-refractivity contribution in [3.8, 4) is 17.2 Å². The highest BCUT2D eigenvalue weighted by Gasteiger charge is 2.39. The van der Waals surface area contributed by atoms with E-state index in [-0.39, 0.29) is 24.1 Å². The van der Waals surface area contributed by atoms with E-state index in [1.807, 2.05) is 0 Å². The lowest BCUT2D eigenvalue weighted by atomic mass is 9.83. The Bertz CT molecular complexity index is 1400. The molecule has 0 saturated carbocycles. The molecule has 1 N–H and O–H groups in total. The topological polar surface area (TPSA) is 83.2 Å². The molecule has 2 aliphatic rings. The van der Waals surface area contributed by atoms with Crippen molar-refractivity contribution >= 4 is 17.2 Å². The number of nitriles is 1. The van der Waals surface area contributed by atoms with Crippen molar-refractivity contribution in [2.75, 3.05) is 26.3 Å². The SMILES string of the molecule is CCn1cc(-c2ccccc2[C@@H]2CN(C(=O)/C=C/C3COCCN3)Cc3sc(C#N)cc32)c(C(F)(F)F)n1. The number of carbonyl (C=O) groups is 1. The number of ether oxygens (including phenoxy) is 1. The van der Waals surface area contributed by atoms with Crippen LogP contribution in [0, 0.1) is 11.3 Å². The van der Waals surface area contributed by atoms with Crippen molar-refractivity contribution in [1.82, 2.24) is 20.0 Å². The Morgan fingerprint density at radius 1 is 1.32 bits per heavy atom. The van der Waals surface area contributed by atoms with Gasteiger partial charge in [0.2, 0.25) is 5.91 Å². The highest BCUT2D eigenvalue weighted by Crippen LogP contribution is 2.44. The fourth-order valence-electron chi connectivity index (χ4n) is 4.96. The summed E-state index contributed by atoms with van der Waals surface area (Å²) in [6, 6.07) is 10.8. The lowest BCUT2D eigenvalue weighted by Gasteiger charge is -2.33. The van der Waals surface area contributed by atoms with Crippen molar-refractivity contribution in [3.05, 3.63) is 75.3 Å². The predicted octanol–water partition coefficient (Wildman–Crippen LogP) is 4.54. The Hall–Kier alpha value is -3.46. The molecule has 1 amide bonds. The lowest BCUT2D eigenvalue weighted by molar-refractivity contribution is -0.141. The number of hydrogen-bond acceptors (Lipinski definition) is 6. The Labute approximate surface area is 222 Å². The molecule has 5 rings (SSSR count). The molecule has 2 aromatic heterocycles. The number of halogens is 3. The molecule has 11 heteroatoms. The van der Waals surface area contributed by atoms with Gasteiger partial charge in [-0.2, -0.15) is 23.5 Å². The van der Waals surface area contributed by atoms with Crippen molar-refractivity contribution in [1.29, 1.82) is 5.26 Å². The molecule has 0 aliphatic carbocycles. The molecule has 3 aromatic rings. The van der Waals surface area contributed by atoms with Crippen LogP contribution >= 0.6 is 11.3 Å². The fourth-order valence-corrected chi connectivity index (χ4v) is 5.99. The average Bonchev–Trinajstić information content (AvgIpc) is 3.56. The standard InChI is InChI=1S/C27H26F3N5O2S/c1-2-35-14-23(26(33-35)27(28,29)30)20-6-4-3-5-19(20)22-13-34(15-24-21(22)11-18(12-31)38-24)25(36)8-7-17-16-37-10-9-32-17/h3-8,11,14,17,22,32H,2,9-10,13,15-16H2,1H3/b8-7+/t17?,22-/m0/s1. The minimum atomic E-state index is -4.62. The number of hydrogen-bond donors (Lipinski definition) is 1. The first-order chi connectivity index (χ1) is 18.3. The molecule has 7 nitrogen and oxygen atoms in total. The maximum absolute atomic E-state index is 14.0. The van der Waals surface area contributed by atoms with E-state index in [0.29, 0.717) is 48.9 Å². The molecule has 38 heavy (non-hydrogen) atoms. The summed E-state index contributed by atoms with van der Waals surface area (Å²) in [6.07, 6.45) is 0.0984. The lowest BCUT2D eigenvalue weighted by Crippen LogP contribution is -2.40. The first kappa shape index (κ1) is 26.2. The van der Waals surface area contributed by atoms with Crippen LogP contribution in [0.3, 0.4) is 0 Å². The molecular weight excluding hydrogens is 515 g/mol. The third-order valence-corrected chi connectivity index (χ3v) is 7.82. The normalized spacial score (nSPS) is 19.9. The van der Waals surface area contributed by atoms with Crippen LogP contribution in [0.5, 0.6) is 0 Å². The number of fused-ring (bicyclic) bond motifs is 1. The van der Waals surface area contributed by atoms with Crippen LogP contribution in [-0.4, -0.2) is 52.9 Å². The molecule has 0 radical (unpaired) electrons. The number of aryl methyl sites for hydroxylation is 1. The van der Waals surface area contributed by atoms with Gasteiger partial charge in [-0.15, -0.1) is 11.3 Å². The van der Waals surface area contributed by atoms with E-state index in [4.69, 9.17) is 4.74 Å². The number of morpholine rings is 1. The van der Waals surface area contributed by atoms with Gasteiger partial charge in [0.15, 0.2) is 5.69 Å². The summed E-state index contributed by atoms with van der Waals surface area (Å²) in [5, 5.41) is 16.6. The molecular formula is C27H26F3N5O2S. The Kier molecular flexibility index (Phi) is 7.38. The van der Waals surface area contributed by atoms with Gasteiger partial charge in [0.25, 0.3) is 0 Å². The zero-order valence-electron chi connectivity index (χ0n) is 20.7. The van der Waals surface area contributed by atoms with Crippen molar-refractivity contribution in [3.63, 3.8) is 0 Å². The van der Waals surface area contributed by atoms with E-state index in [1.54, 1.807) is 48.2 Å². The quantitative estimate of drug-likeness (QED) is 0.480. The Morgan fingerprint density at radius 3 is 2.84 bits per heavy atom. The largest absolute Gasteiger partial charge is 0.435 e. The van der Waals surface area contributed by atoms with Crippen LogP contribution in [0.25, 0.3) is 11.1 Å². The number of thiophene rings is 1. The highest BCUT2D eigenvalue weighted by molar-refractivity contribution is 7.12. The van der Waals surface area contributed by atoms with Crippen molar-refractivity contribution < 1.29 is 22.7 Å². The van der Waals surface area contributed by atoms with Gasteiger partial charge in [-0.1, -0.05) is 30.3 Å². The number of amides is 1. The van der Waals surface area contributed by atoms with Gasteiger partial charge in [0.1, 0.15) is 10.9 Å². The zero-order valence-corrected chi connectivity index (χ0v) is 21.5. The van der Waals surface area contributed by atoms with E-state index in [9.17, 15) is 23.2 Å². The molecule has 2 atom stereocenters. The number of alkyl halides is 3. The van der Waals surface area contributed by atoms with Crippen LogP contribution in [0.15, 0.2) is 48.7 Å². The number of nitrogens with zero attached hydrogens (tertiary/aromatic N) is 4. The third-order valence-electron chi connectivity index (χ3n) is 6.78. The maximum atomic E-state index is 14.0. The van der Waals surface area contributed by atoms with Gasteiger partial charge >= 0.3 is 6.18 Å². The molecule has 2 aliphatic heterocycles. The summed E-state index contributed by atoms with van der Waals surface area (Å²) in [7, 11) is 0. The van der Waals surface area contributed by atoms with Gasteiger partial charge in [-0.3, -0.25) is 9.48 Å². The summed E-state index contributed by atoms with van der Waals surface area (Å²) in [5.41, 5.74) is 0.989. The molecule has 1 fully saturated rings. The van der Waals surface area contributed by atoms with Crippen LogP contribution in [0.4, 0.5) is 13.2 Å². The van der Waals surface area contributed by atoms with E-state index in [0.717, 1.165) is 10.4 Å². The number of carbonyl (C=O) groups excluding carboxylic acids is 1. The third kappa shape index (κ3) is 5.25. The molecule has 1 aromatic carbocycles. The second-order valence-corrected chi connectivity index (χ2v) is 10.3. The van der Waals surface area contributed by atoms with Gasteiger partial charge in [0, 0.05) is 54.3 Å². The minimum Gasteiger partial charge on any atom is -0.378 e. The summed E-state index contributed by atoms with van der Waals surface area (Å²) in [5.74, 6) is -0.611. The van der Waals surface area contributed by atoms with E-state index >= 15 is 0 Å². The van der Waals surface area contributed by atoms with E-state index in [2.05, 4.69) is 16.5 Å². The molecule has 0 spiro atoms. The molecule has 0 bridgehead atoms. The molecule has 198 valence electrons. The Morgan fingerprint density at radius 2 is 2.13 bits per heavy atom. The smallest absolute Gasteiger partial charge is 0.378 e. The van der Waals surface area contributed by atoms with E-state index < -0.39 is 17.8 Å². The minimum absolute atomic E-state index is 0.000968. The number of nitrogens with one attached hydrogen (secondary N) is 1. The summed E-state index contributed by atoms with van der Waals surface area (Å²) in [4.78, 5) is 16.3. The zero-order chi connectivity index (χ0) is 26.9. The monoisotopic (exact) mass is 541 g/mol. The Balaban J connectivity index is 1.54. The number of aromatic nitrogens is 2. The number of benzene rings is 1. The second kappa shape index (κ2) is 10.7. The van der Waals surface area contributed by atoms with Crippen LogP contribution in [0.2, 0.25) is 0 Å². The molecule has 4 heterocycles. The molecule has 1 unspecified atom stereocenters. The maximum Gasteiger partial charge on any atom is 0.435 e. The second-order valence-electron chi connectivity index (χ2n) is 9.20. The summed E-state index contributed by atoms with van der Waals surface area (Å²) >= 11 is 1.31. The number of rotatable bonds is 5. The van der Waals surface area contributed by atoms with Gasteiger partial charge in [-0.05, 0) is 29.7 Å². The first-order valence-corrected chi connectivity index (χ1v) is 13.1. The van der Waals surface area contributed by atoms with Crippen molar-refractivity contribution in [2.45, 2.75) is 38.1 Å². The van der Waals surface area contributed by atoms with Crippen molar-refractivity contribution in [2.24, 2.45) is 0 Å². The van der Waals surface area contributed by atoms with Gasteiger partial charge in [0.05, 0.1) is 19.8 Å². The van der Waals surface area contributed by atoms with Crippen LogP contribution in [-0.2, 0) is 28.8 Å².